The Bertz CT molecular complexity index is 577. The molecule has 0 saturated heterocycles. The first kappa shape index (κ1) is 13.8. The summed E-state index contributed by atoms with van der Waals surface area (Å²) < 4.78 is 13.7. The summed E-state index contributed by atoms with van der Waals surface area (Å²) in [4.78, 5) is 0. The molecule has 3 nitrogen and oxygen atoms in total. The molecular weight excluding hydrogens is 265 g/mol. The molecule has 0 aliphatic heterocycles. The van der Waals surface area contributed by atoms with E-state index >= 15 is 0 Å². The lowest BCUT2D eigenvalue weighted by molar-refractivity contribution is -0.645. The minimum atomic E-state index is -0.731. The highest BCUT2D eigenvalue weighted by atomic mass is 32.2. The van der Waals surface area contributed by atoms with E-state index in [4.69, 9.17) is 0 Å². The number of hydrogen-bond acceptors (Lipinski definition) is 3. The molecule has 1 aromatic carbocycles. The SMILES string of the molecule is Cc1cc(F)ccc1C(O)CSc1cccc[n+]1[O-]. The van der Waals surface area contributed by atoms with E-state index in [2.05, 4.69) is 0 Å². The Balaban J connectivity index is 2.05. The van der Waals surface area contributed by atoms with Crippen LogP contribution in [0.3, 0.4) is 0 Å². The predicted molar refractivity (Wildman–Crippen MR) is 72.2 cm³/mol. The molecule has 0 aliphatic rings. The van der Waals surface area contributed by atoms with Crippen molar-refractivity contribution < 1.29 is 14.2 Å². The Morgan fingerprint density at radius 3 is 2.84 bits per heavy atom. The summed E-state index contributed by atoms with van der Waals surface area (Å²) in [7, 11) is 0. The van der Waals surface area contributed by atoms with Gasteiger partial charge in [-0.25, -0.2) is 4.39 Å². The number of aliphatic hydroxyl groups excluding tert-OH is 1. The molecule has 2 aromatic rings. The minimum absolute atomic E-state index is 0.318. The zero-order valence-electron chi connectivity index (χ0n) is 10.4. The van der Waals surface area contributed by atoms with Crippen LogP contribution in [0.1, 0.15) is 17.2 Å². The van der Waals surface area contributed by atoms with Crippen LogP contribution >= 0.6 is 11.8 Å². The monoisotopic (exact) mass is 279 g/mol. The first-order valence-electron chi connectivity index (χ1n) is 5.83. The second-order valence-corrected chi connectivity index (χ2v) is 5.23. The number of thioether (sulfide) groups is 1. The maximum atomic E-state index is 13.0. The summed E-state index contributed by atoms with van der Waals surface area (Å²) >= 11 is 1.27. The second-order valence-electron chi connectivity index (χ2n) is 4.19. The number of benzene rings is 1. The van der Waals surface area contributed by atoms with Crippen LogP contribution in [0.4, 0.5) is 4.39 Å². The van der Waals surface area contributed by atoms with Crippen molar-refractivity contribution in [2.45, 2.75) is 18.1 Å². The van der Waals surface area contributed by atoms with Crippen molar-refractivity contribution in [2.24, 2.45) is 0 Å². The van der Waals surface area contributed by atoms with Gasteiger partial charge >= 0.3 is 0 Å². The molecule has 0 spiro atoms. The van der Waals surface area contributed by atoms with Gasteiger partial charge in [-0.3, -0.25) is 0 Å². The van der Waals surface area contributed by atoms with Gasteiger partial charge in [0.1, 0.15) is 5.82 Å². The molecule has 1 aromatic heterocycles. The molecule has 5 heteroatoms. The molecule has 0 radical (unpaired) electrons. The fourth-order valence-electron chi connectivity index (χ4n) is 1.79. The van der Waals surface area contributed by atoms with Crippen molar-refractivity contribution >= 4 is 11.8 Å². The van der Waals surface area contributed by atoms with Crippen molar-refractivity contribution in [3.63, 3.8) is 0 Å². The molecule has 2 rings (SSSR count). The molecule has 100 valence electrons. The molecule has 1 atom stereocenters. The molecule has 1 N–H and O–H groups in total. The number of nitrogens with zero attached hydrogens (tertiary/aromatic N) is 1. The Hall–Kier alpha value is -1.59. The van der Waals surface area contributed by atoms with Crippen LogP contribution in [0.2, 0.25) is 0 Å². The van der Waals surface area contributed by atoms with Crippen LogP contribution in [0.5, 0.6) is 0 Å². The lowest BCUT2D eigenvalue weighted by Gasteiger charge is -2.13. The van der Waals surface area contributed by atoms with Crippen LogP contribution in [-0.4, -0.2) is 10.9 Å². The molecule has 0 amide bonds. The van der Waals surface area contributed by atoms with Gasteiger partial charge < -0.3 is 10.3 Å². The number of aryl methyl sites for hydroxylation is 1. The number of halogens is 1. The van der Waals surface area contributed by atoms with E-state index < -0.39 is 6.10 Å². The number of rotatable bonds is 4. The van der Waals surface area contributed by atoms with Gasteiger partial charge in [0.15, 0.2) is 6.20 Å². The van der Waals surface area contributed by atoms with Gasteiger partial charge in [0.2, 0.25) is 0 Å². The molecule has 0 aliphatic carbocycles. The quantitative estimate of drug-likeness (QED) is 0.531. The standard InChI is InChI=1S/C14H14FNO2S/c1-10-8-11(15)5-6-12(10)13(17)9-19-14-4-2-3-7-16(14)18/h2-8,13,17H,9H2,1H3. The Morgan fingerprint density at radius 2 is 2.16 bits per heavy atom. The first-order chi connectivity index (χ1) is 9.08. The highest BCUT2D eigenvalue weighted by Crippen LogP contribution is 2.25. The largest absolute Gasteiger partial charge is 0.618 e. The van der Waals surface area contributed by atoms with Gasteiger partial charge in [0.25, 0.3) is 5.03 Å². The van der Waals surface area contributed by atoms with Crippen molar-refractivity contribution in [3.8, 4) is 0 Å². The van der Waals surface area contributed by atoms with Gasteiger partial charge in [0, 0.05) is 17.9 Å². The first-order valence-corrected chi connectivity index (χ1v) is 6.81. The summed E-state index contributed by atoms with van der Waals surface area (Å²) in [5.41, 5.74) is 1.39. The maximum Gasteiger partial charge on any atom is 0.251 e. The zero-order valence-corrected chi connectivity index (χ0v) is 11.2. The van der Waals surface area contributed by atoms with Crippen LogP contribution < -0.4 is 4.73 Å². The summed E-state index contributed by atoms with van der Waals surface area (Å²) in [6.07, 6.45) is 0.684. The molecular formula is C14H14FNO2S. The van der Waals surface area contributed by atoms with Gasteiger partial charge in [-0.2, -0.15) is 4.73 Å². The zero-order chi connectivity index (χ0) is 13.8. The van der Waals surface area contributed by atoms with E-state index in [9.17, 15) is 14.7 Å². The molecule has 1 unspecified atom stereocenters. The van der Waals surface area contributed by atoms with Gasteiger partial charge in [-0.1, -0.05) is 17.8 Å². The van der Waals surface area contributed by atoms with Crippen molar-refractivity contribution in [2.75, 3.05) is 5.75 Å². The van der Waals surface area contributed by atoms with E-state index in [-0.39, 0.29) is 5.82 Å². The third-order valence-electron chi connectivity index (χ3n) is 2.77. The van der Waals surface area contributed by atoms with Gasteiger partial charge in [-0.05, 0) is 36.2 Å². The molecule has 19 heavy (non-hydrogen) atoms. The lowest BCUT2D eigenvalue weighted by Crippen LogP contribution is -2.28. The van der Waals surface area contributed by atoms with E-state index in [1.165, 1.54) is 30.1 Å². The van der Waals surface area contributed by atoms with Crippen LogP contribution in [-0.2, 0) is 0 Å². The lowest BCUT2D eigenvalue weighted by atomic mass is 10.0. The maximum absolute atomic E-state index is 13.0. The summed E-state index contributed by atoms with van der Waals surface area (Å²) in [5.74, 6) is 0.0280. The predicted octanol–water partition coefficient (Wildman–Crippen LogP) is 2.59. The minimum Gasteiger partial charge on any atom is -0.618 e. The normalized spacial score (nSPS) is 12.4. The van der Waals surface area contributed by atoms with Crippen LogP contribution in [0.15, 0.2) is 47.6 Å². The highest BCUT2D eigenvalue weighted by molar-refractivity contribution is 7.99. The van der Waals surface area contributed by atoms with Crippen molar-refractivity contribution in [3.05, 3.63) is 64.7 Å². The number of aromatic nitrogens is 1. The topological polar surface area (TPSA) is 47.2 Å². The smallest absolute Gasteiger partial charge is 0.251 e. The number of pyridine rings is 1. The Morgan fingerprint density at radius 1 is 1.37 bits per heavy atom. The van der Waals surface area contributed by atoms with E-state index in [1.54, 1.807) is 31.2 Å². The summed E-state index contributed by atoms with van der Waals surface area (Å²) in [6.45, 7) is 1.75. The second kappa shape index (κ2) is 6.04. The van der Waals surface area contributed by atoms with E-state index in [0.717, 1.165) is 4.73 Å². The van der Waals surface area contributed by atoms with Crippen LogP contribution in [0, 0.1) is 17.9 Å². The Kier molecular flexibility index (Phi) is 4.39. The number of aliphatic hydroxyl groups is 1. The highest BCUT2D eigenvalue weighted by Gasteiger charge is 2.14. The third-order valence-corrected chi connectivity index (χ3v) is 3.86. The molecule has 1 heterocycles. The summed E-state index contributed by atoms with van der Waals surface area (Å²) in [6, 6.07) is 9.41. The molecule has 0 fully saturated rings. The van der Waals surface area contributed by atoms with Crippen LogP contribution in [0.25, 0.3) is 0 Å². The molecule has 0 bridgehead atoms. The number of hydrogen-bond donors (Lipinski definition) is 1. The molecule has 0 saturated carbocycles. The van der Waals surface area contributed by atoms with E-state index in [1.807, 2.05) is 0 Å². The van der Waals surface area contributed by atoms with Gasteiger partial charge in [0.05, 0.1) is 6.10 Å². The average Bonchev–Trinajstić information content (AvgIpc) is 2.37. The average molecular weight is 279 g/mol. The fraction of sp³-hybridized carbons (Fsp3) is 0.214. The fourth-order valence-corrected chi connectivity index (χ4v) is 2.66. The Labute approximate surface area is 115 Å². The third kappa shape index (κ3) is 3.45. The van der Waals surface area contributed by atoms with Gasteiger partial charge in [-0.15, -0.1) is 0 Å². The van der Waals surface area contributed by atoms with Crippen molar-refractivity contribution in [1.29, 1.82) is 0 Å². The van der Waals surface area contributed by atoms with Crippen molar-refractivity contribution in [1.82, 2.24) is 0 Å². The summed E-state index contributed by atoms with van der Waals surface area (Å²) in [5, 5.41) is 22.1. The van der Waals surface area contributed by atoms with E-state index in [0.29, 0.717) is 21.9 Å².